The van der Waals surface area contributed by atoms with Gasteiger partial charge in [-0.2, -0.15) is 0 Å². The summed E-state index contributed by atoms with van der Waals surface area (Å²) in [5.41, 5.74) is 1.04. The molecule has 2 aromatic rings. The quantitative estimate of drug-likeness (QED) is 0.862. The Bertz CT molecular complexity index is 561. The van der Waals surface area contributed by atoms with E-state index in [0.717, 1.165) is 16.0 Å². The summed E-state index contributed by atoms with van der Waals surface area (Å²) in [7, 11) is 0. The van der Waals surface area contributed by atoms with Crippen molar-refractivity contribution >= 4 is 34.5 Å². The molecule has 2 rings (SSSR count). The first-order chi connectivity index (χ1) is 8.40. The topological polar surface area (TPSA) is 20.2 Å². The molecule has 0 aliphatic rings. The van der Waals surface area contributed by atoms with Crippen molar-refractivity contribution in [1.29, 1.82) is 0 Å². The number of thiophene rings is 1. The number of rotatable bonds is 3. The molecule has 0 bridgehead atoms. The molecule has 0 amide bonds. The number of halogens is 2. The Kier molecular flexibility index (Phi) is 4.02. The maximum atomic E-state index is 10.6. The van der Waals surface area contributed by atoms with Crippen molar-refractivity contribution in [3.8, 4) is 0 Å². The molecule has 0 saturated heterocycles. The van der Waals surface area contributed by atoms with Crippen molar-refractivity contribution in [3.05, 3.63) is 55.7 Å². The molecule has 0 aliphatic carbocycles. The summed E-state index contributed by atoms with van der Waals surface area (Å²) in [6, 6.07) is 7.32. The average Bonchev–Trinajstić information content (AvgIpc) is 2.70. The second-order valence-corrected chi connectivity index (χ2v) is 6.38. The van der Waals surface area contributed by atoms with Crippen molar-refractivity contribution in [2.45, 2.75) is 25.9 Å². The van der Waals surface area contributed by atoms with Crippen LogP contribution in [0.15, 0.2) is 29.6 Å². The van der Waals surface area contributed by atoms with Crippen molar-refractivity contribution in [2.75, 3.05) is 0 Å². The van der Waals surface area contributed by atoms with Crippen LogP contribution in [0.1, 0.15) is 22.9 Å². The van der Waals surface area contributed by atoms with Crippen LogP contribution in [0.2, 0.25) is 10.0 Å². The second-order valence-electron chi connectivity index (χ2n) is 4.62. The lowest BCUT2D eigenvalue weighted by molar-refractivity contribution is 0.0609. The third-order valence-electron chi connectivity index (χ3n) is 2.89. The van der Waals surface area contributed by atoms with Crippen LogP contribution in [-0.4, -0.2) is 5.11 Å². The first-order valence-corrected chi connectivity index (χ1v) is 7.24. The lowest BCUT2D eigenvalue weighted by Crippen LogP contribution is -2.24. The first kappa shape index (κ1) is 13.9. The summed E-state index contributed by atoms with van der Waals surface area (Å²) < 4.78 is 0. The van der Waals surface area contributed by atoms with Gasteiger partial charge in [-0.25, -0.2) is 0 Å². The molecule has 0 saturated carbocycles. The van der Waals surface area contributed by atoms with Gasteiger partial charge in [0, 0.05) is 21.3 Å². The van der Waals surface area contributed by atoms with Crippen LogP contribution in [0.25, 0.3) is 0 Å². The van der Waals surface area contributed by atoms with Crippen LogP contribution >= 0.6 is 34.5 Å². The molecule has 1 aromatic carbocycles. The fourth-order valence-electron chi connectivity index (χ4n) is 2.05. The second kappa shape index (κ2) is 5.22. The number of hydrogen-bond donors (Lipinski definition) is 1. The van der Waals surface area contributed by atoms with E-state index >= 15 is 0 Å². The van der Waals surface area contributed by atoms with Gasteiger partial charge in [-0.15, -0.1) is 11.3 Å². The Morgan fingerprint density at radius 2 is 2.00 bits per heavy atom. The summed E-state index contributed by atoms with van der Waals surface area (Å²) in [6.45, 7) is 3.81. The van der Waals surface area contributed by atoms with Crippen molar-refractivity contribution < 1.29 is 5.11 Å². The van der Waals surface area contributed by atoms with E-state index in [0.29, 0.717) is 16.5 Å². The number of aryl methyl sites for hydroxylation is 1. The Hall–Kier alpha value is -0.540. The number of hydrogen-bond acceptors (Lipinski definition) is 2. The highest BCUT2D eigenvalue weighted by Gasteiger charge is 2.27. The highest BCUT2D eigenvalue weighted by atomic mass is 35.5. The van der Waals surface area contributed by atoms with E-state index in [1.807, 2.05) is 25.3 Å². The van der Waals surface area contributed by atoms with Gasteiger partial charge in [0.15, 0.2) is 0 Å². The molecule has 1 heterocycles. The highest BCUT2D eigenvalue weighted by Crippen LogP contribution is 2.34. The molecule has 1 nitrogen and oxygen atoms in total. The van der Waals surface area contributed by atoms with E-state index in [1.54, 1.807) is 29.5 Å². The Morgan fingerprint density at radius 1 is 1.28 bits per heavy atom. The molecule has 0 aliphatic heterocycles. The molecule has 18 heavy (non-hydrogen) atoms. The van der Waals surface area contributed by atoms with E-state index < -0.39 is 5.60 Å². The smallest absolute Gasteiger partial charge is 0.100 e. The van der Waals surface area contributed by atoms with E-state index in [-0.39, 0.29) is 0 Å². The minimum absolute atomic E-state index is 0.452. The van der Waals surface area contributed by atoms with Gasteiger partial charge in [0.05, 0.1) is 0 Å². The molecule has 0 radical (unpaired) electrons. The van der Waals surface area contributed by atoms with Gasteiger partial charge in [0.2, 0.25) is 0 Å². The van der Waals surface area contributed by atoms with Gasteiger partial charge in [-0.3, -0.25) is 0 Å². The van der Waals surface area contributed by atoms with Crippen molar-refractivity contribution in [2.24, 2.45) is 0 Å². The zero-order chi connectivity index (χ0) is 13.3. The van der Waals surface area contributed by atoms with Crippen LogP contribution < -0.4 is 0 Å². The molecule has 4 heteroatoms. The molecule has 1 N–H and O–H groups in total. The van der Waals surface area contributed by atoms with Gasteiger partial charge >= 0.3 is 0 Å². The minimum Gasteiger partial charge on any atom is -0.384 e. The largest absolute Gasteiger partial charge is 0.384 e. The molecular weight excluding hydrogens is 287 g/mol. The van der Waals surface area contributed by atoms with Gasteiger partial charge in [0.25, 0.3) is 0 Å². The van der Waals surface area contributed by atoms with E-state index in [9.17, 15) is 5.11 Å². The number of aliphatic hydroxyl groups is 1. The maximum absolute atomic E-state index is 10.6. The van der Waals surface area contributed by atoms with Gasteiger partial charge in [-0.1, -0.05) is 23.2 Å². The summed E-state index contributed by atoms with van der Waals surface area (Å²) in [6.07, 6.45) is 0.452. The monoisotopic (exact) mass is 300 g/mol. The number of benzene rings is 1. The van der Waals surface area contributed by atoms with Gasteiger partial charge in [-0.05, 0) is 54.6 Å². The van der Waals surface area contributed by atoms with Gasteiger partial charge in [0.1, 0.15) is 5.60 Å². The summed E-state index contributed by atoms with van der Waals surface area (Å²) in [4.78, 5) is 0.971. The van der Waals surface area contributed by atoms with E-state index in [1.165, 1.54) is 0 Å². The lowest BCUT2D eigenvalue weighted by Gasteiger charge is -2.24. The molecular formula is C14H14Cl2OS. The summed E-state index contributed by atoms with van der Waals surface area (Å²) in [5.74, 6) is 0. The zero-order valence-electron chi connectivity index (χ0n) is 10.2. The average molecular weight is 301 g/mol. The molecule has 1 atom stereocenters. The van der Waals surface area contributed by atoms with Crippen molar-refractivity contribution in [3.63, 3.8) is 0 Å². The fourth-order valence-corrected chi connectivity index (χ4v) is 3.42. The SMILES string of the molecule is Cc1ccsc1C(C)(O)Cc1cc(Cl)ccc1Cl. The lowest BCUT2D eigenvalue weighted by atomic mass is 9.93. The zero-order valence-corrected chi connectivity index (χ0v) is 12.5. The Balaban J connectivity index is 2.33. The van der Waals surface area contributed by atoms with Crippen LogP contribution in [0.5, 0.6) is 0 Å². The third kappa shape index (κ3) is 2.89. The van der Waals surface area contributed by atoms with Crippen LogP contribution in [0.4, 0.5) is 0 Å². The highest BCUT2D eigenvalue weighted by molar-refractivity contribution is 7.10. The first-order valence-electron chi connectivity index (χ1n) is 5.61. The van der Waals surface area contributed by atoms with Crippen molar-refractivity contribution in [1.82, 2.24) is 0 Å². The molecule has 96 valence electrons. The third-order valence-corrected chi connectivity index (χ3v) is 4.77. The van der Waals surface area contributed by atoms with Crippen LogP contribution in [0, 0.1) is 6.92 Å². The molecule has 0 spiro atoms. The van der Waals surface area contributed by atoms with E-state index in [2.05, 4.69) is 0 Å². The summed E-state index contributed by atoms with van der Waals surface area (Å²) in [5, 5.41) is 13.9. The predicted molar refractivity (Wildman–Crippen MR) is 78.8 cm³/mol. The minimum atomic E-state index is -0.924. The molecule has 1 unspecified atom stereocenters. The molecule has 0 fully saturated rings. The molecule has 1 aromatic heterocycles. The Morgan fingerprint density at radius 3 is 2.61 bits per heavy atom. The van der Waals surface area contributed by atoms with Gasteiger partial charge < -0.3 is 5.11 Å². The Labute approximate surface area is 121 Å². The van der Waals surface area contributed by atoms with E-state index in [4.69, 9.17) is 23.2 Å². The predicted octanol–water partition coefficient (Wildman–Crippen LogP) is 4.81. The normalized spacial score (nSPS) is 14.5. The summed E-state index contributed by atoms with van der Waals surface area (Å²) >= 11 is 13.7. The standard InChI is InChI=1S/C14H14Cl2OS/c1-9-5-6-18-13(9)14(2,17)8-10-7-11(15)3-4-12(10)16/h3-7,17H,8H2,1-2H3. The fraction of sp³-hybridized carbons (Fsp3) is 0.286. The maximum Gasteiger partial charge on any atom is 0.100 e. The van der Waals surface area contributed by atoms with Crippen LogP contribution in [-0.2, 0) is 12.0 Å². The van der Waals surface area contributed by atoms with Crippen LogP contribution in [0.3, 0.4) is 0 Å².